The van der Waals surface area contributed by atoms with E-state index < -0.39 is 0 Å². The Labute approximate surface area is 247 Å². The van der Waals surface area contributed by atoms with E-state index in [1.54, 1.807) is 5.57 Å². The molecular formula is C40H56. The summed E-state index contributed by atoms with van der Waals surface area (Å²) in [5, 5.41) is 0. The van der Waals surface area contributed by atoms with Crippen molar-refractivity contribution in [2.75, 3.05) is 0 Å². The SMILES string of the molecule is CC1=CCCC(C)(C)[C@H]1/C=C/C(C)=C/C=C/C(C)=C\C=C/C=C(C)\C=C\C=C(C)\C=C\C1=C(C)CCCC1(C)C. The van der Waals surface area contributed by atoms with Crippen molar-refractivity contribution in [1.29, 1.82) is 0 Å². The fourth-order valence-corrected chi connectivity index (χ4v) is 5.80. The van der Waals surface area contributed by atoms with Gasteiger partial charge in [-0.1, -0.05) is 152 Å². The standard InChI is InChI=1S/C40H56/c1-31(19-13-21-33(3)25-27-37-35(5)23-15-29-39(37,7)8)17-11-12-18-32(2)20-14-22-34(4)26-28-38-36(6)24-16-30-40(38,9)10/h11-14,17-23,25-28,37H,15-16,24,29-30H2,1-10H3/b12-11-,19-13+,20-14+,27-25+,28-26+,31-17-,32-18-,33-21+,34-22+/t37-/m0/s1. The lowest BCUT2D eigenvalue weighted by Crippen LogP contribution is -2.26. The molecule has 0 unspecified atom stereocenters. The van der Waals surface area contributed by atoms with E-state index in [0.717, 1.165) is 0 Å². The molecule has 40 heavy (non-hydrogen) atoms. The van der Waals surface area contributed by atoms with Gasteiger partial charge in [-0.15, -0.1) is 0 Å². The molecule has 2 rings (SSSR count). The fraction of sp³-hybridized carbons (Fsp3) is 0.450. The van der Waals surface area contributed by atoms with Crippen LogP contribution in [0.1, 0.15) is 101 Å². The van der Waals surface area contributed by atoms with Crippen molar-refractivity contribution < 1.29 is 0 Å². The van der Waals surface area contributed by atoms with Gasteiger partial charge in [-0.3, -0.25) is 0 Å². The maximum Gasteiger partial charge on any atom is 0.00285 e. The van der Waals surface area contributed by atoms with Crippen LogP contribution in [0.25, 0.3) is 0 Å². The predicted molar refractivity (Wildman–Crippen MR) is 181 cm³/mol. The van der Waals surface area contributed by atoms with Crippen LogP contribution in [0, 0.1) is 16.7 Å². The van der Waals surface area contributed by atoms with Gasteiger partial charge in [0, 0.05) is 5.92 Å². The van der Waals surface area contributed by atoms with E-state index >= 15 is 0 Å². The summed E-state index contributed by atoms with van der Waals surface area (Å²) in [7, 11) is 0. The van der Waals surface area contributed by atoms with Gasteiger partial charge in [0.25, 0.3) is 0 Å². The van der Waals surface area contributed by atoms with Gasteiger partial charge in [-0.25, -0.2) is 0 Å². The molecule has 2 aliphatic carbocycles. The minimum atomic E-state index is 0.291. The van der Waals surface area contributed by atoms with E-state index in [1.807, 2.05) is 0 Å². The van der Waals surface area contributed by atoms with Gasteiger partial charge in [0.05, 0.1) is 0 Å². The van der Waals surface area contributed by atoms with E-state index in [1.165, 1.54) is 65.5 Å². The molecule has 0 bridgehead atoms. The third kappa shape index (κ3) is 11.3. The average molecular weight is 537 g/mol. The van der Waals surface area contributed by atoms with Gasteiger partial charge in [0.15, 0.2) is 0 Å². The van der Waals surface area contributed by atoms with Crippen LogP contribution in [0.4, 0.5) is 0 Å². The number of rotatable bonds is 10. The Bertz CT molecular complexity index is 1200. The second-order valence-corrected chi connectivity index (χ2v) is 13.3. The second-order valence-electron chi connectivity index (χ2n) is 13.3. The van der Waals surface area contributed by atoms with Crippen LogP contribution in [0.15, 0.2) is 130 Å². The maximum absolute atomic E-state index is 2.41. The van der Waals surface area contributed by atoms with Gasteiger partial charge >= 0.3 is 0 Å². The molecule has 0 nitrogen and oxygen atoms in total. The molecule has 0 aromatic heterocycles. The molecule has 0 aromatic rings. The van der Waals surface area contributed by atoms with E-state index in [-0.39, 0.29) is 0 Å². The Balaban J connectivity index is 1.88. The van der Waals surface area contributed by atoms with Crippen LogP contribution in [-0.2, 0) is 0 Å². The van der Waals surface area contributed by atoms with E-state index in [4.69, 9.17) is 0 Å². The molecule has 0 heteroatoms. The molecule has 0 N–H and O–H groups in total. The van der Waals surface area contributed by atoms with Crippen molar-refractivity contribution in [2.45, 2.75) is 101 Å². The summed E-state index contributed by atoms with van der Waals surface area (Å²) in [5.74, 6) is 0.532. The first-order valence-electron chi connectivity index (χ1n) is 15.3. The molecule has 0 aromatic carbocycles. The van der Waals surface area contributed by atoms with Crippen LogP contribution in [0.2, 0.25) is 0 Å². The molecular weight excluding hydrogens is 480 g/mol. The van der Waals surface area contributed by atoms with Crippen LogP contribution in [0.3, 0.4) is 0 Å². The minimum absolute atomic E-state index is 0.291. The molecule has 0 radical (unpaired) electrons. The van der Waals surface area contributed by atoms with Gasteiger partial charge < -0.3 is 0 Å². The monoisotopic (exact) mass is 536 g/mol. The number of hydrogen-bond acceptors (Lipinski definition) is 0. The molecule has 0 spiro atoms. The molecule has 0 fully saturated rings. The number of allylic oxidation sites excluding steroid dienone is 22. The highest BCUT2D eigenvalue weighted by Gasteiger charge is 2.30. The van der Waals surface area contributed by atoms with Crippen LogP contribution < -0.4 is 0 Å². The Morgan fingerprint density at radius 2 is 1.23 bits per heavy atom. The Morgan fingerprint density at radius 3 is 1.77 bits per heavy atom. The third-order valence-corrected chi connectivity index (χ3v) is 8.46. The molecule has 216 valence electrons. The van der Waals surface area contributed by atoms with Gasteiger partial charge in [0.1, 0.15) is 0 Å². The Morgan fingerprint density at radius 1 is 0.700 bits per heavy atom. The first kappa shape index (κ1) is 33.3. The first-order valence-corrected chi connectivity index (χ1v) is 15.3. The lowest BCUT2D eigenvalue weighted by molar-refractivity contribution is 0.255. The topological polar surface area (TPSA) is 0 Å². The zero-order chi connectivity index (χ0) is 29.8. The predicted octanol–water partition coefficient (Wildman–Crippen LogP) is 12.5. The Hall–Kier alpha value is -2.86. The Kier molecular flexibility index (Phi) is 13.2. The fourth-order valence-electron chi connectivity index (χ4n) is 5.80. The van der Waals surface area contributed by atoms with Crippen molar-refractivity contribution in [3.05, 3.63) is 130 Å². The summed E-state index contributed by atoms with van der Waals surface area (Å²) in [6.07, 6.45) is 39.5. The van der Waals surface area contributed by atoms with Crippen molar-refractivity contribution in [3.8, 4) is 0 Å². The molecule has 0 saturated heterocycles. The third-order valence-electron chi connectivity index (χ3n) is 8.46. The van der Waals surface area contributed by atoms with Crippen LogP contribution >= 0.6 is 0 Å². The lowest BCUT2D eigenvalue weighted by atomic mass is 9.68. The zero-order valence-electron chi connectivity index (χ0n) is 27.3. The van der Waals surface area contributed by atoms with E-state index in [0.29, 0.717) is 16.7 Å². The molecule has 0 saturated carbocycles. The summed E-state index contributed by atoms with van der Waals surface area (Å²) in [4.78, 5) is 0. The van der Waals surface area contributed by atoms with E-state index in [2.05, 4.69) is 160 Å². The highest BCUT2D eigenvalue weighted by Crippen LogP contribution is 2.42. The van der Waals surface area contributed by atoms with E-state index in [9.17, 15) is 0 Å². The zero-order valence-corrected chi connectivity index (χ0v) is 27.3. The van der Waals surface area contributed by atoms with Crippen molar-refractivity contribution in [3.63, 3.8) is 0 Å². The quantitative estimate of drug-likeness (QED) is 0.192. The van der Waals surface area contributed by atoms with Crippen molar-refractivity contribution in [2.24, 2.45) is 16.7 Å². The summed E-state index contributed by atoms with van der Waals surface area (Å²) >= 11 is 0. The van der Waals surface area contributed by atoms with Crippen LogP contribution in [-0.4, -0.2) is 0 Å². The summed E-state index contributed by atoms with van der Waals surface area (Å²) in [5.41, 5.74) is 10.2. The highest BCUT2D eigenvalue weighted by atomic mass is 14.3. The minimum Gasteiger partial charge on any atom is -0.0850 e. The largest absolute Gasteiger partial charge is 0.0850 e. The van der Waals surface area contributed by atoms with Gasteiger partial charge in [-0.05, 0) is 90.0 Å². The second kappa shape index (κ2) is 15.8. The molecule has 2 aliphatic rings. The smallest absolute Gasteiger partial charge is 0.00285 e. The lowest BCUT2D eigenvalue weighted by Gasteiger charge is -2.36. The normalized spacial score (nSPS) is 23.6. The van der Waals surface area contributed by atoms with Crippen molar-refractivity contribution >= 4 is 0 Å². The number of hydrogen-bond donors (Lipinski definition) is 0. The van der Waals surface area contributed by atoms with Crippen molar-refractivity contribution in [1.82, 2.24) is 0 Å². The maximum atomic E-state index is 2.41. The highest BCUT2D eigenvalue weighted by molar-refractivity contribution is 5.37. The molecule has 0 heterocycles. The molecule has 1 atom stereocenters. The van der Waals surface area contributed by atoms with Crippen LogP contribution in [0.5, 0.6) is 0 Å². The summed E-state index contributed by atoms with van der Waals surface area (Å²) < 4.78 is 0. The molecule has 0 amide bonds. The molecule has 0 aliphatic heterocycles. The van der Waals surface area contributed by atoms with Gasteiger partial charge in [0.2, 0.25) is 0 Å². The van der Waals surface area contributed by atoms with Gasteiger partial charge in [-0.2, -0.15) is 0 Å². The average Bonchev–Trinajstić information content (AvgIpc) is 2.85. The summed E-state index contributed by atoms with van der Waals surface area (Å²) in [6.45, 7) is 22.7. The first-order chi connectivity index (χ1) is 18.8. The summed E-state index contributed by atoms with van der Waals surface area (Å²) in [6, 6.07) is 0.